The lowest BCUT2D eigenvalue weighted by Gasteiger charge is -2.34. The highest BCUT2D eigenvalue weighted by atomic mass is 16.2. The van der Waals surface area contributed by atoms with Gasteiger partial charge in [-0.2, -0.15) is 5.26 Å². The van der Waals surface area contributed by atoms with Crippen molar-refractivity contribution in [3.8, 4) is 17.2 Å². The molecule has 4 nitrogen and oxygen atoms in total. The van der Waals surface area contributed by atoms with Crippen LogP contribution in [0.5, 0.6) is 0 Å². The molecule has 4 aromatic rings. The molecule has 35 heavy (non-hydrogen) atoms. The fourth-order valence-electron chi connectivity index (χ4n) is 4.67. The van der Waals surface area contributed by atoms with Crippen molar-refractivity contribution in [2.45, 2.75) is 6.54 Å². The van der Waals surface area contributed by atoms with E-state index in [4.69, 9.17) is 0 Å². The van der Waals surface area contributed by atoms with E-state index in [1.807, 2.05) is 59.5 Å². The summed E-state index contributed by atoms with van der Waals surface area (Å²) in [5, 5.41) is 11.7. The summed E-state index contributed by atoms with van der Waals surface area (Å²) < 4.78 is 0. The van der Waals surface area contributed by atoms with Crippen molar-refractivity contribution >= 4 is 22.8 Å². The van der Waals surface area contributed by atoms with Gasteiger partial charge in [-0.1, -0.05) is 84.9 Å². The van der Waals surface area contributed by atoms with Crippen molar-refractivity contribution in [2.75, 3.05) is 26.2 Å². The Morgan fingerprint density at radius 1 is 0.829 bits per heavy atom. The maximum Gasteiger partial charge on any atom is 0.246 e. The monoisotopic (exact) mass is 457 g/mol. The molecule has 0 N–H and O–H groups in total. The summed E-state index contributed by atoms with van der Waals surface area (Å²) in [5.74, 6) is 0.0677. The van der Waals surface area contributed by atoms with E-state index in [1.165, 1.54) is 10.9 Å². The summed E-state index contributed by atoms with van der Waals surface area (Å²) in [5.41, 5.74) is 5.01. The van der Waals surface area contributed by atoms with Crippen LogP contribution in [0.2, 0.25) is 0 Å². The van der Waals surface area contributed by atoms with Crippen molar-refractivity contribution in [1.29, 1.82) is 5.26 Å². The molecule has 0 atom stereocenters. The minimum atomic E-state index is 0.0677. The van der Waals surface area contributed by atoms with Crippen molar-refractivity contribution in [3.05, 3.63) is 114 Å². The number of fused-ring (bicyclic) bond motifs is 1. The van der Waals surface area contributed by atoms with Gasteiger partial charge in [0.25, 0.3) is 0 Å². The number of hydrogen-bond donors (Lipinski definition) is 0. The lowest BCUT2D eigenvalue weighted by Crippen LogP contribution is -2.47. The van der Waals surface area contributed by atoms with Crippen LogP contribution in [0, 0.1) is 11.3 Å². The van der Waals surface area contributed by atoms with Crippen LogP contribution in [0.3, 0.4) is 0 Å². The van der Waals surface area contributed by atoms with Crippen LogP contribution < -0.4 is 0 Å². The minimum Gasteiger partial charge on any atom is -0.337 e. The van der Waals surface area contributed by atoms with E-state index in [1.54, 1.807) is 6.08 Å². The van der Waals surface area contributed by atoms with Gasteiger partial charge < -0.3 is 4.90 Å². The zero-order valence-electron chi connectivity index (χ0n) is 19.6. The lowest BCUT2D eigenvalue weighted by atomic mass is 9.99. The van der Waals surface area contributed by atoms with E-state index in [0.717, 1.165) is 54.8 Å². The van der Waals surface area contributed by atoms with E-state index in [-0.39, 0.29) is 5.91 Å². The summed E-state index contributed by atoms with van der Waals surface area (Å²) in [4.78, 5) is 17.1. The van der Waals surface area contributed by atoms with Gasteiger partial charge in [-0.25, -0.2) is 0 Å². The van der Waals surface area contributed by atoms with Gasteiger partial charge in [0, 0.05) is 38.8 Å². The molecule has 172 valence electrons. The molecule has 0 bridgehead atoms. The smallest absolute Gasteiger partial charge is 0.246 e. The summed E-state index contributed by atoms with van der Waals surface area (Å²) in [7, 11) is 0. The number of benzene rings is 4. The van der Waals surface area contributed by atoms with E-state index in [2.05, 4.69) is 53.4 Å². The van der Waals surface area contributed by atoms with Crippen molar-refractivity contribution in [1.82, 2.24) is 9.80 Å². The van der Waals surface area contributed by atoms with Crippen molar-refractivity contribution in [3.63, 3.8) is 0 Å². The number of hydrogen-bond acceptors (Lipinski definition) is 3. The van der Waals surface area contributed by atoms with Crippen LogP contribution in [-0.4, -0.2) is 41.9 Å². The second-order valence-corrected chi connectivity index (χ2v) is 8.86. The Balaban J connectivity index is 1.16. The van der Waals surface area contributed by atoms with Gasteiger partial charge in [-0.05, 0) is 45.2 Å². The Morgan fingerprint density at radius 3 is 2.34 bits per heavy atom. The zero-order chi connectivity index (χ0) is 24.0. The highest BCUT2D eigenvalue weighted by Crippen LogP contribution is 2.24. The number of carbonyl (C=O) groups is 1. The third kappa shape index (κ3) is 5.16. The summed E-state index contributed by atoms with van der Waals surface area (Å²) in [6.07, 6.45) is 3.64. The first-order chi connectivity index (χ1) is 17.2. The molecular formula is C31H27N3O. The first kappa shape index (κ1) is 22.6. The van der Waals surface area contributed by atoms with Gasteiger partial charge >= 0.3 is 0 Å². The Morgan fingerprint density at radius 2 is 1.54 bits per heavy atom. The second-order valence-electron chi connectivity index (χ2n) is 8.86. The third-order valence-electron chi connectivity index (χ3n) is 6.63. The van der Waals surface area contributed by atoms with Gasteiger partial charge in [-0.15, -0.1) is 0 Å². The van der Waals surface area contributed by atoms with Crippen molar-refractivity contribution in [2.24, 2.45) is 0 Å². The molecule has 0 spiro atoms. The molecule has 1 amide bonds. The first-order valence-electron chi connectivity index (χ1n) is 12.0. The standard InChI is InChI=1S/C31H27N3O/c32-22-28-7-2-4-11-30(28)27-14-12-24(13-15-27)23-33-18-20-34(21-19-33)31(35)17-16-26-9-5-8-25-6-1-3-10-29(25)26/h1-17H,18-21,23H2/b17-16+. The van der Waals surface area contributed by atoms with Crippen LogP contribution in [0.4, 0.5) is 0 Å². The number of nitrogens with zero attached hydrogens (tertiary/aromatic N) is 3. The summed E-state index contributed by atoms with van der Waals surface area (Å²) in [6, 6.07) is 32.8. The lowest BCUT2D eigenvalue weighted by molar-refractivity contribution is -0.127. The maximum absolute atomic E-state index is 12.8. The van der Waals surface area contributed by atoms with Gasteiger partial charge in [0.15, 0.2) is 0 Å². The molecule has 0 aromatic heterocycles. The van der Waals surface area contributed by atoms with Crippen LogP contribution in [0.1, 0.15) is 16.7 Å². The first-order valence-corrected chi connectivity index (χ1v) is 12.0. The van der Waals surface area contributed by atoms with Crippen LogP contribution in [-0.2, 0) is 11.3 Å². The van der Waals surface area contributed by atoms with Crippen LogP contribution >= 0.6 is 0 Å². The predicted molar refractivity (Wildman–Crippen MR) is 141 cm³/mol. The zero-order valence-corrected chi connectivity index (χ0v) is 19.6. The Labute approximate surface area is 206 Å². The summed E-state index contributed by atoms with van der Waals surface area (Å²) >= 11 is 0. The molecule has 5 rings (SSSR count). The SMILES string of the molecule is N#Cc1ccccc1-c1ccc(CN2CCN(C(=O)/C=C/c3cccc4ccccc34)CC2)cc1. The molecule has 1 aliphatic rings. The largest absolute Gasteiger partial charge is 0.337 e. The molecule has 1 saturated heterocycles. The Bertz CT molecular complexity index is 1400. The van der Waals surface area contributed by atoms with Gasteiger partial charge in [0.05, 0.1) is 11.6 Å². The number of amides is 1. The van der Waals surface area contributed by atoms with Gasteiger partial charge in [0.1, 0.15) is 0 Å². The molecule has 0 aliphatic carbocycles. The van der Waals surface area contributed by atoms with Crippen molar-refractivity contribution < 1.29 is 4.79 Å². The third-order valence-corrected chi connectivity index (χ3v) is 6.63. The molecular weight excluding hydrogens is 430 g/mol. The molecule has 1 heterocycles. The molecule has 1 fully saturated rings. The molecule has 0 saturated carbocycles. The normalized spacial score (nSPS) is 14.3. The average molecular weight is 458 g/mol. The fourth-order valence-corrected chi connectivity index (χ4v) is 4.67. The highest BCUT2D eigenvalue weighted by Gasteiger charge is 2.19. The number of carbonyl (C=O) groups excluding carboxylic acids is 1. The average Bonchev–Trinajstić information content (AvgIpc) is 2.92. The fraction of sp³-hybridized carbons (Fsp3) is 0.161. The Hall–Kier alpha value is -4.20. The van der Waals surface area contributed by atoms with Crippen LogP contribution in [0.25, 0.3) is 28.0 Å². The highest BCUT2D eigenvalue weighted by molar-refractivity contribution is 5.96. The molecule has 4 aromatic carbocycles. The number of nitriles is 1. The Kier molecular flexibility index (Phi) is 6.70. The summed E-state index contributed by atoms with van der Waals surface area (Å²) in [6.45, 7) is 4.02. The predicted octanol–water partition coefficient (Wildman–Crippen LogP) is 5.74. The van der Waals surface area contributed by atoms with E-state index >= 15 is 0 Å². The number of rotatable bonds is 5. The topological polar surface area (TPSA) is 47.3 Å². The molecule has 1 aliphatic heterocycles. The second kappa shape index (κ2) is 10.4. The van der Waals surface area contributed by atoms with E-state index in [9.17, 15) is 10.1 Å². The van der Waals surface area contributed by atoms with E-state index < -0.39 is 0 Å². The maximum atomic E-state index is 12.8. The molecule has 0 radical (unpaired) electrons. The quantitative estimate of drug-likeness (QED) is 0.359. The molecule has 0 unspecified atom stereocenters. The minimum absolute atomic E-state index is 0.0677. The van der Waals surface area contributed by atoms with Gasteiger partial charge in [-0.3, -0.25) is 9.69 Å². The van der Waals surface area contributed by atoms with E-state index in [0.29, 0.717) is 5.56 Å². The molecule has 4 heteroatoms. The number of piperazine rings is 1. The van der Waals surface area contributed by atoms with Gasteiger partial charge in [0.2, 0.25) is 5.91 Å². The van der Waals surface area contributed by atoms with Crippen LogP contribution in [0.15, 0.2) is 97.1 Å².